The third-order valence-electron chi connectivity index (χ3n) is 6.85. The molecule has 8 heteroatoms. The van der Waals surface area contributed by atoms with Crippen LogP contribution in [0.25, 0.3) is 0 Å². The summed E-state index contributed by atoms with van der Waals surface area (Å²) in [6.07, 6.45) is 2.12. The smallest absolute Gasteiger partial charge is 0.243 e. The largest absolute Gasteiger partial charge is 0.368 e. The molecule has 2 heterocycles. The molecule has 0 saturated carbocycles. The molecule has 2 fully saturated rings. The van der Waals surface area contributed by atoms with Crippen molar-refractivity contribution in [2.24, 2.45) is 0 Å². The van der Waals surface area contributed by atoms with E-state index in [1.807, 2.05) is 12.1 Å². The van der Waals surface area contributed by atoms with Gasteiger partial charge in [-0.25, -0.2) is 12.8 Å². The van der Waals surface area contributed by atoms with Crippen LogP contribution in [-0.4, -0.2) is 62.3 Å². The third kappa shape index (κ3) is 5.13. The third-order valence-corrected chi connectivity index (χ3v) is 8.77. The highest BCUT2D eigenvalue weighted by atomic mass is 32.2. The second kappa shape index (κ2) is 9.66. The summed E-state index contributed by atoms with van der Waals surface area (Å²) in [7, 11) is -3.78. The minimum Gasteiger partial charge on any atom is -0.368 e. The molecule has 0 aromatic heterocycles. The molecule has 2 aliphatic heterocycles. The Balaban J connectivity index is 1.47. The molecule has 1 amide bonds. The predicted molar refractivity (Wildman–Crippen MR) is 132 cm³/mol. The Kier molecular flexibility index (Phi) is 7.01. The number of carbonyl (C=O) groups is 1. The van der Waals surface area contributed by atoms with Gasteiger partial charge < -0.3 is 9.80 Å². The van der Waals surface area contributed by atoms with Gasteiger partial charge in [0, 0.05) is 38.4 Å². The minimum atomic E-state index is -3.78. The highest BCUT2D eigenvalue weighted by Crippen LogP contribution is 2.29. The molecule has 0 bridgehead atoms. The maximum absolute atomic E-state index is 13.5. The standard InChI is InChI=1S/C26H34FN3O3S/c1-26(2,3)20-7-13-23(14-8-20)34(32,33)30-15-5-4-6-24(30)25(31)29-18-16-28(17-19-29)22-11-9-21(27)10-12-22/h7-14,24H,4-6,15-19H2,1-3H3. The second-order valence-electron chi connectivity index (χ2n) is 10.2. The first-order valence-corrected chi connectivity index (χ1v) is 13.4. The molecule has 0 aliphatic carbocycles. The lowest BCUT2D eigenvalue weighted by Crippen LogP contribution is -2.57. The van der Waals surface area contributed by atoms with E-state index in [1.165, 1.54) is 16.4 Å². The maximum atomic E-state index is 13.5. The van der Waals surface area contributed by atoms with E-state index in [1.54, 1.807) is 29.2 Å². The van der Waals surface area contributed by atoms with Gasteiger partial charge in [0.2, 0.25) is 15.9 Å². The molecule has 0 radical (unpaired) electrons. The first-order chi connectivity index (χ1) is 16.1. The molecule has 1 atom stereocenters. The summed E-state index contributed by atoms with van der Waals surface area (Å²) < 4.78 is 41.7. The number of anilines is 1. The van der Waals surface area contributed by atoms with Crippen LogP contribution in [0.3, 0.4) is 0 Å². The van der Waals surface area contributed by atoms with Crippen LogP contribution in [0.15, 0.2) is 53.4 Å². The van der Waals surface area contributed by atoms with Crippen LogP contribution in [0.4, 0.5) is 10.1 Å². The SMILES string of the molecule is CC(C)(C)c1ccc(S(=O)(=O)N2CCCCC2C(=O)N2CCN(c3ccc(F)cc3)CC2)cc1. The summed E-state index contributed by atoms with van der Waals surface area (Å²) in [5, 5.41) is 0. The van der Waals surface area contributed by atoms with Crippen molar-refractivity contribution in [3.63, 3.8) is 0 Å². The second-order valence-corrected chi connectivity index (χ2v) is 12.1. The zero-order chi connectivity index (χ0) is 24.5. The molecule has 1 unspecified atom stereocenters. The van der Waals surface area contributed by atoms with Gasteiger partial charge in [-0.15, -0.1) is 0 Å². The molecular formula is C26H34FN3O3S. The van der Waals surface area contributed by atoms with E-state index in [0.29, 0.717) is 39.1 Å². The van der Waals surface area contributed by atoms with Crippen LogP contribution in [0.5, 0.6) is 0 Å². The van der Waals surface area contributed by atoms with Crippen molar-refractivity contribution in [1.29, 1.82) is 0 Å². The summed E-state index contributed by atoms with van der Waals surface area (Å²) in [6.45, 7) is 8.91. The van der Waals surface area contributed by atoms with Crippen LogP contribution >= 0.6 is 0 Å². The Morgan fingerprint density at radius 3 is 2.09 bits per heavy atom. The van der Waals surface area contributed by atoms with Gasteiger partial charge in [-0.3, -0.25) is 4.79 Å². The summed E-state index contributed by atoms with van der Waals surface area (Å²) in [6, 6.07) is 12.7. The van der Waals surface area contributed by atoms with Gasteiger partial charge in [0.1, 0.15) is 11.9 Å². The van der Waals surface area contributed by atoms with Gasteiger partial charge in [0.15, 0.2) is 0 Å². The number of rotatable bonds is 4. The molecular weight excluding hydrogens is 453 g/mol. The van der Waals surface area contributed by atoms with Crippen LogP contribution in [0.1, 0.15) is 45.6 Å². The number of hydrogen-bond acceptors (Lipinski definition) is 4. The Morgan fingerprint density at radius 1 is 0.882 bits per heavy atom. The van der Waals surface area contributed by atoms with Crippen molar-refractivity contribution >= 4 is 21.6 Å². The zero-order valence-electron chi connectivity index (χ0n) is 20.2. The fourth-order valence-electron chi connectivity index (χ4n) is 4.75. The normalized spacial score (nSPS) is 20.4. The lowest BCUT2D eigenvalue weighted by molar-refractivity contribution is -0.136. The highest BCUT2D eigenvalue weighted by molar-refractivity contribution is 7.89. The van der Waals surface area contributed by atoms with E-state index in [0.717, 1.165) is 24.1 Å². The maximum Gasteiger partial charge on any atom is 0.243 e. The molecule has 2 aliphatic rings. The average molecular weight is 488 g/mol. The molecule has 184 valence electrons. The fourth-order valence-corrected chi connectivity index (χ4v) is 6.40. The van der Waals surface area contributed by atoms with Gasteiger partial charge in [-0.1, -0.05) is 39.3 Å². The molecule has 6 nitrogen and oxygen atoms in total. The Bertz CT molecular complexity index is 1100. The summed E-state index contributed by atoms with van der Waals surface area (Å²) in [4.78, 5) is 17.6. The van der Waals surface area contributed by atoms with Crippen LogP contribution in [0, 0.1) is 5.82 Å². The average Bonchev–Trinajstić information content (AvgIpc) is 2.84. The molecule has 4 rings (SSSR count). The van der Waals surface area contributed by atoms with Crippen LogP contribution in [-0.2, 0) is 20.2 Å². The lowest BCUT2D eigenvalue weighted by Gasteiger charge is -2.40. The van der Waals surface area contributed by atoms with E-state index >= 15 is 0 Å². The number of hydrogen-bond donors (Lipinski definition) is 0. The summed E-state index contributed by atoms with van der Waals surface area (Å²) in [5.41, 5.74) is 1.92. The number of halogens is 1. The van der Waals surface area contributed by atoms with Gasteiger partial charge in [-0.2, -0.15) is 4.31 Å². The Morgan fingerprint density at radius 2 is 1.50 bits per heavy atom. The van der Waals surface area contributed by atoms with Crippen molar-refractivity contribution in [2.45, 2.75) is 56.4 Å². The molecule has 34 heavy (non-hydrogen) atoms. The van der Waals surface area contributed by atoms with E-state index < -0.39 is 16.1 Å². The van der Waals surface area contributed by atoms with E-state index in [4.69, 9.17) is 0 Å². The molecule has 0 spiro atoms. The van der Waals surface area contributed by atoms with Gasteiger partial charge in [0.25, 0.3) is 0 Å². The quantitative estimate of drug-likeness (QED) is 0.654. The first kappa shape index (κ1) is 24.7. The van der Waals surface area contributed by atoms with Crippen molar-refractivity contribution in [3.05, 3.63) is 59.9 Å². The topological polar surface area (TPSA) is 60.9 Å². The van der Waals surface area contributed by atoms with Gasteiger partial charge in [-0.05, 0) is 60.2 Å². The zero-order valence-corrected chi connectivity index (χ0v) is 21.0. The number of nitrogens with zero attached hydrogens (tertiary/aromatic N) is 3. The van der Waals surface area contributed by atoms with Crippen molar-refractivity contribution in [2.75, 3.05) is 37.6 Å². The summed E-state index contributed by atoms with van der Waals surface area (Å²) >= 11 is 0. The number of amides is 1. The number of carbonyl (C=O) groups excluding carboxylic acids is 1. The predicted octanol–water partition coefficient (Wildman–Crippen LogP) is 4.02. The van der Waals surface area contributed by atoms with Crippen LogP contribution < -0.4 is 4.90 Å². The summed E-state index contributed by atoms with van der Waals surface area (Å²) in [5.74, 6) is -0.391. The van der Waals surface area contributed by atoms with E-state index in [9.17, 15) is 17.6 Å². The number of sulfonamides is 1. The number of piperidine rings is 1. The van der Waals surface area contributed by atoms with E-state index in [2.05, 4.69) is 25.7 Å². The molecule has 0 N–H and O–H groups in total. The lowest BCUT2D eigenvalue weighted by atomic mass is 9.87. The van der Waals surface area contributed by atoms with E-state index in [-0.39, 0.29) is 22.0 Å². The van der Waals surface area contributed by atoms with Crippen molar-refractivity contribution in [1.82, 2.24) is 9.21 Å². The molecule has 2 saturated heterocycles. The number of benzene rings is 2. The monoisotopic (exact) mass is 487 g/mol. The Labute approximate surface area is 202 Å². The number of piperazine rings is 1. The minimum absolute atomic E-state index is 0.0675. The molecule has 2 aromatic carbocycles. The first-order valence-electron chi connectivity index (χ1n) is 12.0. The van der Waals surface area contributed by atoms with Crippen molar-refractivity contribution in [3.8, 4) is 0 Å². The molecule has 2 aromatic rings. The van der Waals surface area contributed by atoms with Gasteiger partial charge in [0.05, 0.1) is 4.90 Å². The fraction of sp³-hybridized carbons (Fsp3) is 0.500. The van der Waals surface area contributed by atoms with Crippen molar-refractivity contribution < 1.29 is 17.6 Å². The van der Waals surface area contributed by atoms with Gasteiger partial charge >= 0.3 is 0 Å². The Hall–Kier alpha value is -2.45. The van der Waals surface area contributed by atoms with Crippen LogP contribution in [0.2, 0.25) is 0 Å². The highest BCUT2D eigenvalue weighted by Gasteiger charge is 2.40.